The van der Waals surface area contributed by atoms with Crippen molar-refractivity contribution in [3.05, 3.63) is 57.0 Å². The number of thiophene rings is 1. The van der Waals surface area contributed by atoms with Crippen molar-refractivity contribution >= 4 is 33.1 Å². The maximum atomic E-state index is 13.6. The summed E-state index contributed by atoms with van der Waals surface area (Å²) in [6.45, 7) is 2.65. The van der Waals surface area contributed by atoms with Gasteiger partial charge in [-0.25, -0.2) is 4.98 Å². The van der Waals surface area contributed by atoms with Crippen LogP contribution in [-0.4, -0.2) is 33.4 Å². The zero-order valence-electron chi connectivity index (χ0n) is 17.0. The third-order valence-corrected chi connectivity index (χ3v) is 7.26. The number of rotatable bonds is 5. The molecule has 1 saturated heterocycles. The molecule has 5 rings (SSSR count). The van der Waals surface area contributed by atoms with Crippen LogP contribution >= 0.6 is 11.3 Å². The minimum atomic E-state index is -0.198. The van der Waals surface area contributed by atoms with Crippen molar-refractivity contribution in [1.29, 1.82) is 0 Å². The monoisotopic (exact) mass is 422 g/mol. The number of hydrogen-bond donors (Lipinski definition) is 1. The molecule has 1 aromatic carbocycles. The van der Waals surface area contributed by atoms with Crippen molar-refractivity contribution < 1.29 is 4.79 Å². The molecule has 3 heterocycles. The van der Waals surface area contributed by atoms with Crippen molar-refractivity contribution in [2.24, 2.45) is 0 Å². The Hall–Kier alpha value is -2.51. The summed E-state index contributed by atoms with van der Waals surface area (Å²) >= 11 is 1.67. The average molecular weight is 423 g/mol. The Balaban J connectivity index is 1.53. The number of hydrogen-bond acceptors (Lipinski definition) is 5. The highest BCUT2D eigenvalue weighted by Gasteiger charge is 2.24. The highest BCUT2D eigenvalue weighted by molar-refractivity contribution is 7.18. The Kier molecular flexibility index (Phi) is 5.39. The minimum Gasteiger partial charge on any atom is -0.325 e. The van der Waals surface area contributed by atoms with Crippen LogP contribution in [0, 0.1) is 0 Å². The fourth-order valence-corrected chi connectivity index (χ4v) is 5.84. The predicted molar refractivity (Wildman–Crippen MR) is 120 cm³/mol. The molecule has 6 nitrogen and oxygen atoms in total. The van der Waals surface area contributed by atoms with Crippen LogP contribution in [0.5, 0.6) is 0 Å². The second-order valence-corrected chi connectivity index (χ2v) is 9.29. The largest absolute Gasteiger partial charge is 0.325 e. The number of para-hydroxylation sites is 1. The first kappa shape index (κ1) is 19.5. The van der Waals surface area contributed by atoms with Gasteiger partial charge in [0.1, 0.15) is 17.2 Å². The summed E-state index contributed by atoms with van der Waals surface area (Å²) in [5, 5.41) is 3.65. The minimum absolute atomic E-state index is 0.00946. The Bertz CT molecular complexity index is 1130. The molecule has 30 heavy (non-hydrogen) atoms. The lowest BCUT2D eigenvalue weighted by molar-refractivity contribution is -0.116. The van der Waals surface area contributed by atoms with Gasteiger partial charge in [0, 0.05) is 10.6 Å². The fourth-order valence-electron chi connectivity index (χ4n) is 4.57. The second kappa shape index (κ2) is 8.32. The standard InChI is InChI=1S/C23H26N4O2S/c28-20(24-16-8-2-1-3-9-16)15-27-19(14-26-12-6-7-13-26)25-22-21(23(27)29)17-10-4-5-11-18(17)30-22/h1-3,8-9H,4-7,10-15H2,(H,24,28). The molecule has 1 aliphatic heterocycles. The molecule has 1 amide bonds. The van der Waals surface area contributed by atoms with Crippen LogP contribution in [-0.2, 0) is 30.7 Å². The number of carbonyl (C=O) groups is 1. The molecular weight excluding hydrogens is 396 g/mol. The fraction of sp³-hybridized carbons (Fsp3) is 0.435. The molecule has 7 heteroatoms. The molecule has 1 aliphatic carbocycles. The van der Waals surface area contributed by atoms with Crippen LogP contribution in [0.2, 0.25) is 0 Å². The lowest BCUT2D eigenvalue weighted by atomic mass is 9.97. The van der Waals surface area contributed by atoms with E-state index >= 15 is 0 Å². The summed E-state index contributed by atoms with van der Waals surface area (Å²) in [4.78, 5) is 35.8. The summed E-state index contributed by atoms with van der Waals surface area (Å²) in [7, 11) is 0. The lowest BCUT2D eigenvalue weighted by Crippen LogP contribution is -2.33. The van der Waals surface area contributed by atoms with Gasteiger partial charge in [-0.15, -0.1) is 11.3 Å². The number of carbonyl (C=O) groups excluding carboxylic acids is 1. The van der Waals surface area contributed by atoms with E-state index in [1.807, 2.05) is 30.3 Å². The van der Waals surface area contributed by atoms with E-state index in [-0.39, 0.29) is 18.0 Å². The van der Waals surface area contributed by atoms with E-state index in [0.717, 1.165) is 48.3 Å². The zero-order chi connectivity index (χ0) is 20.5. The number of amides is 1. The van der Waals surface area contributed by atoms with Gasteiger partial charge in [0.15, 0.2) is 0 Å². The van der Waals surface area contributed by atoms with Gasteiger partial charge in [0.25, 0.3) is 5.56 Å². The van der Waals surface area contributed by atoms with Crippen LogP contribution < -0.4 is 10.9 Å². The van der Waals surface area contributed by atoms with Crippen LogP contribution in [0.1, 0.15) is 41.9 Å². The van der Waals surface area contributed by atoms with Gasteiger partial charge in [-0.3, -0.25) is 19.1 Å². The summed E-state index contributed by atoms with van der Waals surface area (Å²) in [5.41, 5.74) is 1.85. The number of likely N-dealkylation sites (tertiary alicyclic amines) is 1. The van der Waals surface area contributed by atoms with Gasteiger partial charge in [-0.2, -0.15) is 0 Å². The third kappa shape index (κ3) is 3.79. The zero-order valence-corrected chi connectivity index (χ0v) is 17.8. The first-order chi connectivity index (χ1) is 14.7. The summed E-state index contributed by atoms with van der Waals surface area (Å²) in [5.74, 6) is 0.507. The van der Waals surface area contributed by atoms with E-state index in [9.17, 15) is 9.59 Å². The number of aromatic nitrogens is 2. The van der Waals surface area contributed by atoms with E-state index in [1.54, 1.807) is 15.9 Å². The van der Waals surface area contributed by atoms with Crippen molar-refractivity contribution in [2.45, 2.75) is 51.6 Å². The number of fused-ring (bicyclic) bond motifs is 3. The maximum Gasteiger partial charge on any atom is 0.263 e. The SMILES string of the molecule is O=C(Cn1c(CN2CCCC2)nc2sc3c(c2c1=O)CCCC3)Nc1ccccc1. The maximum absolute atomic E-state index is 13.6. The molecule has 0 unspecified atom stereocenters. The predicted octanol–water partition coefficient (Wildman–Crippen LogP) is 3.57. The van der Waals surface area contributed by atoms with Gasteiger partial charge in [0.05, 0.1) is 11.9 Å². The molecule has 1 fully saturated rings. The normalized spacial score (nSPS) is 16.7. The van der Waals surface area contributed by atoms with Gasteiger partial charge in [-0.05, 0) is 69.3 Å². The van der Waals surface area contributed by atoms with Crippen LogP contribution in [0.25, 0.3) is 10.2 Å². The quantitative estimate of drug-likeness (QED) is 0.683. The van der Waals surface area contributed by atoms with E-state index in [1.165, 1.54) is 29.7 Å². The molecule has 0 radical (unpaired) electrons. The second-order valence-electron chi connectivity index (χ2n) is 8.21. The van der Waals surface area contributed by atoms with E-state index in [0.29, 0.717) is 12.4 Å². The first-order valence-corrected chi connectivity index (χ1v) is 11.6. The van der Waals surface area contributed by atoms with Crippen LogP contribution in [0.4, 0.5) is 5.69 Å². The molecule has 3 aromatic rings. The molecule has 1 N–H and O–H groups in total. The van der Waals surface area contributed by atoms with Crippen molar-refractivity contribution in [3.63, 3.8) is 0 Å². The molecule has 0 spiro atoms. The number of nitrogens with zero attached hydrogens (tertiary/aromatic N) is 3. The van der Waals surface area contributed by atoms with Crippen molar-refractivity contribution in [1.82, 2.24) is 14.5 Å². The average Bonchev–Trinajstić information content (AvgIpc) is 3.39. The molecular formula is C23H26N4O2S. The Labute approximate surface area is 179 Å². The molecule has 0 atom stereocenters. The van der Waals surface area contributed by atoms with Crippen molar-refractivity contribution in [3.8, 4) is 0 Å². The molecule has 2 aliphatic rings. The molecule has 0 saturated carbocycles. The van der Waals surface area contributed by atoms with E-state index < -0.39 is 0 Å². The smallest absolute Gasteiger partial charge is 0.263 e. The molecule has 156 valence electrons. The van der Waals surface area contributed by atoms with E-state index in [4.69, 9.17) is 4.98 Å². The van der Waals surface area contributed by atoms with Crippen LogP contribution in [0.15, 0.2) is 35.1 Å². The van der Waals surface area contributed by atoms with Crippen molar-refractivity contribution in [2.75, 3.05) is 18.4 Å². The number of benzene rings is 1. The van der Waals surface area contributed by atoms with Gasteiger partial charge < -0.3 is 5.32 Å². The molecule has 0 bridgehead atoms. The topological polar surface area (TPSA) is 67.2 Å². The number of aryl methyl sites for hydroxylation is 2. The summed E-state index contributed by atoms with van der Waals surface area (Å²) < 4.78 is 1.61. The first-order valence-electron chi connectivity index (χ1n) is 10.8. The van der Waals surface area contributed by atoms with Gasteiger partial charge >= 0.3 is 0 Å². The Morgan fingerprint density at radius 1 is 1.07 bits per heavy atom. The third-order valence-electron chi connectivity index (χ3n) is 6.08. The van der Waals surface area contributed by atoms with Gasteiger partial charge in [-0.1, -0.05) is 18.2 Å². The molecule has 2 aromatic heterocycles. The Morgan fingerprint density at radius 2 is 1.83 bits per heavy atom. The highest BCUT2D eigenvalue weighted by Crippen LogP contribution is 2.34. The van der Waals surface area contributed by atoms with Crippen LogP contribution in [0.3, 0.4) is 0 Å². The lowest BCUT2D eigenvalue weighted by Gasteiger charge is -2.18. The number of nitrogens with one attached hydrogen (secondary N) is 1. The summed E-state index contributed by atoms with van der Waals surface area (Å²) in [6.07, 6.45) is 6.61. The number of anilines is 1. The highest BCUT2D eigenvalue weighted by atomic mass is 32.1. The van der Waals surface area contributed by atoms with E-state index in [2.05, 4.69) is 10.2 Å². The Morgan fingerprint density at radius 3 is 2.63 bits per heavy atom. The summed E-state index contributed by atoms with van der Waals surface area (Å²) in [6, 6.07) is 9.37. The van der Waals surface area contributed by atoms with Gasteiger partial charge in [0.2, 0.25) is 5.91 Å².